The van der Waals surface area contributed by atoms with Gasteiger partial charge in [0, 0.05) is 6.04 Å². The number of H-pyrrole nitrogens is 1. The summed E-state index contributed by atoms with van der Waals surface area (Å²) in [5, 5.41) is 11.9. The predicted molar refractivity (Wildman–Crippen MR) is 51.9 cm³/mol. The van der Waals surface area contributed by atoms with E-state index >= 15 is 0 Å². The van der Waals surface area contributed by atoms with Crippen LogP contribution in [0.15, 0.2) is 12.7 Å². The van der Waals surface area contributed by atoms with Crippen LogP contribution < -0.4 is 5.32 Å². The van der Waals surface area contributed by atoms with Gasteiger partial charge in [-0.25, -0.2) is 15.0 Å². The number of fused-ring (bicyclic) bond motifs is 1. The van der Waals surface area contributed by atoms with Gasteiger partial charge in [-0.05, 0) is 6.92 Å². The summed E-state index contributed by atoms with van der Waals surface area (Å²) in [6, 6.07) is -0.0450. The van der Waals surface area contributed by atoms with Gasteiger partial charge in [-0.15, -0.1) is 0 Å². The molecule has 0 bridgehead atoms. The van der Waals surface area contributed by atoms with E-state index in [1.54, 1.807) is 6.33 Å². The maximum atomic E-state index is 8.89. The van der Waals surface area contributed by atoms with Gasteiger partial charge >= 0.3 is 0 Å². The minimum Gasteiger partial charge on any atom is -0.394 e. The lowest BCUT2D eigenvalue weighted by atomic mass is 10.3. The second kappa shape index (κ2) is 3.59. The molecule has 0 aliphatic heterocycles. The highest BCUT2D eigenvalue weighted by molar-refractivity contribution is 5.81. The lowest BCUT2D eigenvalue weighted by molar-refractivity contribution is 0.281. The Kier molecular flexibility index (Phi) is 2.28. The van der Waals surface area contributed by atoms with E-state index < -0.39 is 0 Å². The van der Waals surface area contributed by atoms with Crippen molar-refractivity contribution in [3.05, 3.63) is 12.7 Å². The molecule has 0 saturated carbocycles. The number of hydrogen-bond acceptors (Lipinski definition) is 5. The Morgan fingerprint density at radius 1 is 1.50 bits per heavy atom. The van der Waals surface area contributed by atoms with Gasteiger partial charge < -0.3 is 15.4 Å². The Morgan fingerprint density at radius 2 is 2.36 bits per heavy atom. The minimum absolute atomic E-state index is 0.0450. The Hall–Kier alpha value is -1.69. The average molecular weight is 193 g/mol. The molecule has 1 atom stereocenters. The van der Waals surface area contributed by atoms with Crippen molar-refractivity contribution in [2.24, 2.45) is 0 Å². The van der Waals surface area contributed by atoms with Crippen LogP contribution in [0.1, 0.15) is 6.92 Å². The summed E-state index contributed by atoms with van der Waals surface area (Å²) in [5.41, 5.74) is 1.38. The summed E-state index contributed by atoms with van der Waals surface area (Å²) in [6.07, 6.45) is 3.00. The number of aliphatic hydroxyl groups excluding tert-OH is 1. The third-order valence-corrected chi connectivity index (χ3v) is 1.88. The molecule has 2 rings (SSSR count). The highest BCUT2D eigenvalue weighted by atomic mass is 16.3. The molecule has 0 saturated heterocycles. The first-order valence-electron chi connectivity index (χ1n) is 4.32. The van der Waals surface area contributed by atoms with E-state index in [2.05, 4.69) is 25.3 Å². The van der Waals surface area contributed by atoms with Crippen LogP contribution in [0.4, 0.5) is 5.82 Å². The molecule has 0 unspecified atom stereocenters. The monoisotopic (exact) mass is 193 g/mol. The number of hydrogen-bond donors (Lipinski definition) is 3. The summed E-state index contributed by atoms with van der Waals surface area (Å²) in [4.78, 5) is 15.0. The van der Waals surface area contributed by atoms with Crippen LogP contribution in [0.25, 0.3) is 11.2 Å². The quantitative estimate of drug-likeness (QED) is 0.645. The molecular formula is C8H11N5O. The van der Waals surface area contributed by atoms with Crippen molar-refractivity contribution in [2.75, 3.05) is 11.9 Å². The summed E-state index contributed by atoms with van der Waals surface area (Å²) in [5.74, 6) is 0.661. The first-order valence-corrected chi connectivity index (χ1v) is 4.32. The van der Waals surface area contributed by atoms with Gasteiger partial charge in [-0.3, -0.25) is 0 Å². The van der Waals surface area contributed by atoms with Crippen LogP contribution in [0, 0.1) is 0 Å². The molecule has 0 aliphatic rings. The molecule has 3 N–H and O–H groups in total. The molecule has 2 aromatic heterocycles. The lowest BCUT2D eigenvalue weighted by Crippen LogP contribution is -2.20. The lowest BCUT2D eigenvalue weighted by Gasteiger charge is -2.10. The van der Waals surface area contributed by atoms with E-state index in [9.17, 15) is 0 Å². The molecule has 0 spiro atoms. The van der Waals surface area contributed by atoms with Crippen molar-refractivity contribution >= 4 is 17.0 Å². The van der Waals surface area contributed by atoms with Gasteiger partial charge in [0.25, 0.3) is 0 Å². The van der Waals surface area contributed by atoms with Crippen LogP contribution in [0.5, 0.6) is 0 Å². The fourth-order valence-corrected chi connectivity index (χ4v) is 1.15. The maximum Gasteiger partial charge on any atom is 0.182 e. The Bertz CT molecular complexity index is 426. The molecule has 6 heteroatoms. The van der Waals surface area contributed by atoms with Gasteiger partial charge in [-0.2, -0.15) is 0 Å². The molecule has 0 aromatic carbocycles. The van der Waals surface area contributed by atoms with Crippen molar-refractivity contribution in [3.63, 3.8) is 0 Å². The van der Waals surface area contributed by atoms with Gasteiger partial charge in [0.2, 0.25) is 0 Å². The Morgan fingerprint density at radius 3 is 3.14 bits per heavy atom. The first-order chi connectivity index (χ1) is 6.81. The third-order valence-electron chi connectivity index (χ3n) is 1.88. The molecule has 0 aliphatic carbocycles. The Balaban J connectivity index is 2.36. The van der Waals surface area contributed by atoms with E-state index in [1.165, 1.54) is 6.33 Å². The third kappa shape index (κ3) is 1.51. The summed E-state index contributed by atoms with van der Waals surface area (Å²) in [6.45, 7) is 1.92. The standard InChI is InChI=1S/C8H11N5O/c1-5(2-14)13-8-6-7(10-3-9-6)11-4-12-8/h3-5,14H,2H2,1H3,(H2,9,10,11,12,13)/t5-/m0/s1. The number of anilines is 1. The number of imidazole rings is 1. The van der Waals surface area contributed by atoms with Crippen LogP contribution in [0.3, 0.4) is 0 Å². The van der Waals surface area contributed by atoms with Crippen molar-refractivity contribution in [1.82, 2.24) is 19.9 Å². The number of nitrogens with zero attached hydrogens (tertiary/aromatic N) is 3. The second-order valence-electron chi connectivity index (χ2n) is 3.05. The zero-order valence-electron chi connectivity index (χ0n) is 7.73. The van der Waals surface area contributed by atoms with Crippen LogP contribution in [-0.4, -0.2) is 37.7 Å². The summed E-state index contributed by atoms with van der Waals surface area (Å²) >= 11 is 0. The zero-order chi connectivity index (χ0) is 9.97. The summed E-state index contributed by atoms with van der Waals surface area (Å²) in [7, 11) is 0. The highest BCUT2D eigenvalue weighted by Crippen LogP contribution is 2.14. The van der Waals surface area contributed by atoms with Crippen molar-refractivity contribution in [1.29, 1.82) is 0 Å². The molecule has 74 valence electrons. The predicted octanol–water partition coefficient (Wildman–Crippen LogP) is 0.146. The molecule has 2 aromatic rings. The van der Waals surface area contributed by atoms with E-state index in [4.69, 9.17) is 5.11 Å². The van der Waals surface area contributed by atoms with Crippen LogP contribution in [-0.2, 0) is 0 Å². The largest absolute Gasteiger partial charge is 0.394 e. The Labute approximate surface area is 80.4 Å². The molecule has 2 heterocycles. The molecule has 0 radical (unpaired) electrons. The number of aromatic amines is 1. The average Bonchev–Trinajstić information content (AvgIpc) is 2.66. The second-order valence-corrected chi connectivity index (χ2v) is 3.05. The fraction of sp³-hybridized carbons (Fsp3) is 0.375. The molecule has 14 heavy (non-hydrogen) atoms. The van der Waals surface area contributed by atoms with E-state index in [1.807, 2.05) is 6.92 Å². The molecule has 6 nitrogen and oxygen atoms in total. The van der Waals surface area contributed by atoms with E-state index in [0.29, 0.717) is 11.5 Å². The smallest absolute Gasteiger partial charge is 0.182 e. The number of aromatic nitrogens is 4. The molecule has 0 fully saturated rings. The number of rotatable bonds is 3. The van der Waals surface area contributed by atoms with Crippen molar-refractivity contribution < 1.29 is 5.11 Å². The minimum atomic E-state index is -0.0450. The van der Waals surface area contributed by atoms with Gasteiger partial charge in [-0.1, -0.05) is 0 Å². The van der Waals surface area contributed by atoms with Crippen LogP contribution in [0.2, 0.25) is 0 Å². The van der Waals surface area contributed by atoms with Gasteiger partial charge in [0.15, 0.2) is 11.5 Å². The van der Waals surface area contributed by atoms with E-state index in [-0.39, 0.29) is 12.6 Å². The fourth-order valence-electron chi connectivity index (χ4n) is 1.15. The van der Waals surface area contributed by atoms with Crippen molar-refractivity contribution in [3.8, 4) is 0 Å². The van der Waals surface area contributed by atoms with E-state index in [0.717, 1.165) is 5.52 Å². The van der Waals surface area contributed by atoms with Gasteiger partial charge in [0.05, 0.1) is 12.9 Å². The SMILES string of the molecule is C[C@@H](CO)Nc1ncnc2nc[nH]c12. The van der Waals surface area contributed by atoms with Gasteiger partial charge in [0.1, 0.15) is 11.8 Å². The number of aliphatic hydroxyl groups is 1. The molecular weight excluding hydrogens is 182 g/mol. The highest BCUT2D eigenvalue weighted by Gasteiger charge is 2.07. The van der Waals surface area contributed by atoms with Crippen molar-refractivity contribution in [2.45, 2.75) is 13.0 Å². The maximum absolute atomic E-state index is 8.89. The first kappa shape index (κ1) is 8.89. The zero-order valence-corrected chi connectivity index (χ0v) is 7.73. The van der Waals surface area contributed by atoms with Crippen LogP contribution >= 0.6 is 0 Å². The molecule has 0 amide bonds. The summed E-state index contributed by atoms with van der Waals surface area (Å²) < 4.78 is 0. The number of nitrogens with one attached hydrogen (secondary N) is 2. The topological polar surface area (TPSA) is 86.7 Å². The normalized spacial score (nSPS) is 13.0.